The van der Waals surface area contributed by atoms with Gasteiger partial charge in [0.05, 0.1) is 11.3 Å². The Bertz CT molecular complexity index is 797. The number of aryl methyl sites for hydroxylation is 1. The minimum atomic E-state index is -0.884. The summed E-state index contributed by atoms with van der Waals surface area (Å²) in [6.07, 6.45) is 0. The number of benzene rings is 1. The first-order valence-corrected chi connectivity index (χ1v) is 10.00. The average molecular weight is 390 g/mol. The average Bonchev–Trinajstić information content (AvgIpc) is 3.03. The van der Waals surface area contributed by atoms with Crippen LogP contribution in [0.1, 0.15) is 33.3 Å². The number of nitrogens with one attached hydrogen (secondary N) is 2. The molecule has 0 unspecified atom stereocenters. The van der Waals surface area contributed by atoms with Crippen molar-refractivity contribution >= 4 is 39.8 Å². The van der Waals surface area contributed by atoms with Crippen LogP contribution in [-0.4, -0.2) is 26.9 Å². The first-order valence-electron chi connectivity index (χ1n) is 8.30. The number of hydrogen-bond acceptors (Lipinski definition) is 7. The second-order valence-corrected chi connectivity index (χ2v) is 9.15. The maximum atomic E-state index is 12.4. The fourth-order valence-corrected chi connectivity index (χ4v) is 3.85. The van der Waals surface area contributed by atoms with Crippen molar-refractivity contribution in [1.29, 1.82) is 5.26 Å². The van der Waals surface area contributed by atoms with Gasteiger partial charge in [-0.05, 0) is 38.8 Å². The number of aromatic nitrogens is 2. The van der Waals surface area contributed by atoms with Gasteiger partial charge < -0.3 is 10.6 Å². The van der Waals surface area contributed by atoms with E-state index in [0.717, 1.165) is 5.69 Å². The molecule has 1 aromatic carbocycles. The van der Waals surface area contributed by atoms with Crippen LogP contribution in [0.15, 0.2) is 28.6 Å². The van der Waals surface area contributed by atoms with Gasteiger partial charge in [0.2, 0.25) is 11.0 Å². The summed E-state index contributed by atoms with van der Waals surface area (Å²) >= 11 is 2.72. The number of rotatable bonds is 7. The van der Waals surface area contributed by atoms with Crippen molar-refractivity contribution in [2.75, 3.05) is 5.32 Å². The van der Waals surface area contributed by atoms with Crippen molar-refractivity contribution < 1.29 is 4.79 Å². The van der Waals surface area contributed by atoms with Gasteiger partial charge in [0, 0.05) is 5.69 Å². The van der Waals surface area contributed by atoms with Crippen LogP contribution >= 0.6 is 23.1 Å². The number of thioether (sulfide) groups is 1. The highest BCUT2D eigenvalue weighted by Gasteiger charge is 2.32. The highest BCUT2D eigenvalue weighted by atomic mass is 32.2. The first-order chi connectivity index (χ1) is 12.2. The Kier molecular flexibility index (Phi) is 6.62. The number of hydrogen-bond donors (Lipinski definition) is 2. The largest absolute Gasteiger partial charge is 0.337 e. The smallest absolute Gasteiger partial charge is 0.234 e. The number of carbonyl (C=O) groups is 1. The summed E-state index contributed by atoms with van der Waals surface area (Å²) in [4.78, 5) is 12.4. The Hall–Kier alpha value is -2.11. The van der Waals surface area contributed by atoms with Crippen molar-refractivity contribution in [2.24, 2.45) is 5.92 Å². The van der Waals surface area contributed by atoms with E-state index < -0.39 is 5.54 Å². The fourth-order valence-electron chi connectivity index (χ4n) is 1.93. The predicted molar refractivity (Wildman–Crippen MR) is 107 cm³/mol. The summed E-state index contributed by atoms with van der Waals surface area (Å²) in [5.74, 6) is -0.170. The second kappa shape index (κ2) is 8.52. The van der Waals surface area contributed by atoms with Crippen LogP contribution in [-0.2, 0) is 4.79 Å². The van der Waals surface area contributed by atoms with Crippen LogP contribution < -0.4 is 10.6 Å². The molecule has 1 amide bonds. The van der Waals surface area contributed by atoms with Crippen LogP contribution in [0.5, 0.6) is 0 Å². The van der Waals surface area contributed by atoms with E-state index in [1.807, 2.05) is 45.0 Å². The van der Waals surface area contributed by atoms with Crippen LogP contribution in [0.25, 0.3) is 0 Å². The van der Waals surface area contributed by atoms with Crippen molar-refractivity contribution in [2.45, 2.75) is 49.7 Å². The van der Waals surface area contributed by atoms with E-state index in [1.165, 1.54) is 28.7 Å². The minimum absolute atomic E-state index is 0.0143. The van der Waals surface area contributed by atoms with Gasteiger partial charge in [0.15, 0.2) is 4.34 Å². The molecule has 0 fully saturated rings. The molecule has 0 aliphatic rings. The lowest BCUT2D eigenvalue weighted by Gasteiger charge is -2.28. The van der Waals surface area contributed by atoms with Crippen LogP contribution in [0.4, 0.5) is 10.8 Å². The van der Waals surface area contributed by atoms with Gasteiger partial charge in [-0.2, -0.15) is 5.26 Å². The van der Waals surface area contributed by atoms with Crippen LogP contribution in [0.3, 0.4) is 0 Å². The normalized spacial score (nSPS) is 14.3. The number of nitriles is 1. The third-order valence-corrected chi connectivity index (χ3v) is 6.15. The fraction of sp³-hybridized carbons (Fsp3) is 0.444. The predicted octanol–water partition coefficient (Wildman–Crippen LogP) is 4.13. The van der Waals surface area contributed by atoms with Crippen molar-refractivity contribution in [3.05, 3.63) is 29.8 Å². The molecule has 6 nitrogen and oxygen atoms in total. The third-order valence-electron chi connectivity index (χ3n) is 4.13. The van der Waals surface area contributed by atoms with E-state index in [0.29, 0.717) is 9.47 Å². The molecule has 0 bridgehead atoms. The molecule has 0 saturated heterocycles. The van der Waals surface area contributed by atoms with Gasteiger partial charge in [0.1, 0.15) is 5.54 Å². The summed E-state index contributed by atoms with van der Waals surface area (Å²) in [5, 5.41) is 23.9. The van der Waals surface area contributed by atoms with Crippen LogP contribution in [0, 0.1) is 24.2 Å². The highest BCUT2D eigenvalue weighted by Crippen LogP contribution is 2.31. The molecule has 2 aromatic rings. The molecular weight excluding hydrogens is 366 g/mol. The van der Waals surface area contributed by atoms with E-state index in [4.69, 9.17) is 0 Å². The van der Waals surface area contributed by atoms with E-state index in [1.54, 1.807) is 13.8 Å². The SMILES string of the molecule is Cc1ccc(Nc2nnc(S[C@@H](C)C(=O)N[C@@](C)(C#N)C(C)C)s2)cc1. The van der Waals surface area contributed by atoms with Gasteiger partial charge >= 0.3 is 0 Å². The lowest BCUT2D eigenvalue weighted by atomic mass is 9.90. The molecule has 0 aliphatic heterocycles. The summed E-state index contributed by atoms with van der Waals surface area (Å²) in [5.41, 5.74) is 1.25. The molecular formula is C18H23N5OS2. The summed E-state index contributed by atoms with van der Waals surface area (Å²) in [6, 6.07) is 10.2. The second-order valence-electron chi connectivity index (χ2n) is 6.58. The Labute approximate surface area is 162 Å². The molecule has 0 spiro atoms. The molecule has 26 heavy (non-hydrogen) atoms. The molecule has 1 aromatic heterocycles. The van der Waals surface area contributed by atoms with Crippen LogP contribution in [0.2, 0.25) is 0 Å². The Morgan fingerprint density at radius 1 is 1.27 bits per heavy atom. The van der Waals surface area contributed by atoms with Gasteiger partial charge in [0.25, 0.3) is 0 Å². The zero-order valence-corrected chi connectivity index (χ0v) is 17.2. The molecule has 0 aliphatic carbocycles. The maximum Gasteiger partial charge on any atom is 0.234 e. The van der Waals surface area contributed by atoms with E-state index in [2.05, 4.69) is 26.9 Å². The lowest BCUT2D eigenvalue weighted by Crippen LogP contribution is -2.51. The van der Waals surface area contributed by atoms with Gasteiger partial charge in [-0.1, -0.05) is 54.6 Å². The topological polar surface area (TPSA) is 90.7 Å². The van der Waals surface area contributed by atoms with E-state index in [-0.39, 0.29) is 17.1 Å². The molecule has 0 saturated carbocycles. The molecule has 2 N–H and O–H groups in total. The Balaban J connectivity index is 1.96. The molecule has 8 heteroatoms. The Morgan fingerprint density at radius 3 is 2.50 bits per heavy atom. The molecule has 0 radical (unpaired) electrons. The number of nitrogens with zero attached hydrogens (tertiary/aromatic N) is 3. The number of carbonyl (C=O) groups excluding carboxylic acids is 1. The summed E-state index contributed by atoms with van der Waals surface area (Å²) < 4.78 is 0.700. The zero-order chi connectivity index (χ0) is 19.3. The molecule has 2 atom stereocenters. The monoisotopic (exact) mass is 389 g/mol. The molecule has 2 rings (SSSR count). The van der Waals surface area contributed by atoms with E-state index >= 15 is 0 Å². The number of amides is 1. The van der Waals surface area contributed by atoms with Crippen molar-refractivity contribution in [1.82, 2.24) is 15.5 Å². The molecule has 1 heterocycles. The third kappa shape index (κ3) is 5.19. The highest BCUT2D eigenvalue weighted by molar-refractivity contribution is 8.02. The van der Waals surface area contributed by atoms with Gasteiger partial charge in [-0.15, -0.1) is 10.2 Å². The van der Waals surface area contributed by atoms with Crippen molar-refractivity contribution in [3.63, 3.8) is 0 Å². The quantitative estimate of drug-likeness (QED) is 0.692. The van der Waals surface area contributed by atoms with E-state index in [9.17, 15) is 10.1 Å². The summed E-state index contributed by atoms with van der Waals surface area (Å²) in [7, 11) is 0. The standard InChI is InChI=1S/C18H23N5OS2/c1-11(2)18(5,10-19)21-15(24)13(4)25-17-23-22-16(26-17)20-14-8-6-12(3)7-9-14/h6-9,11,13H,1-5H3,(H,20,22)(H,21,24)/t13-,18-/m0/s1. The van der Waals surface area contributed by atoms with Gasteiger partial charge in [-0.25, -0.2) is 0 Å². The number of anilines is 2. The minimum Gasteiger partial charge on any atom is -0.337 e. The lowest BCUT2D eigenvalue weighted by molar-refractivity contribution is -0.121. The maximum absolute atomic E-state index is 12.4. The van der Waals surface area contributed by atoms with Crippen molar-refractivity contribution in [3.8, 4) is 6.07 Å². The first kappa shape index (κ1) is 20.2. The van der Waals surface area contributed by atoms with Gasteiger partial charge in [-0.3, -0.25) is 4.79 Å². The zero-order valence-electron chi connectivity index (χ0n) is 15.5. The Morgan fingerprint density at radius 2 is 1.92 bits per heavy atom. The summed E-state index contributed by atoms with van der Waals surface area (Å²) in [6.45, 7) is 9.39. The molecule has 138 valence electrons.